The maximum atomic E-state index is 14.7. The Bertz CT molecular complexity index is 1990. The van der Waals surface area contributed by atoms with Gasteiger partial charge in [0.05, 0.1) is 12.0 Å². The number of aliphatic carboxylic acids is 1. The Morgan fingerprint density at radius 2 is 1.67 bits per heavy atom. The van der Waals surface area contributed by atoms with E-state index in [2.05, 4.69) is 16.0 Å². The van der Waals surface area contributed by atoms with Crippen LogP contribution < -0.4 is 25.4 Å². The van der Waals surface area contributed by atoms with Crippen molar-refractivity contribution in [2.75, 3.05) is 7.11 Å². The number of methoxy groups -OCH3 is 1. The molecule has 0 fully saturated rings. The molecule has 296 valence electrons. The first kappa shape index (κ1) is 42.2. The minimum atomic E-state index is -2.99. The quantitative estimate of drug-likeness (QED) is 0.105. The van der Waals surface area contributed by atoms with Crippen LogP contribution in [-0.4, -0.2) is 61.0 Å². The van der Waals surface area contributed by atoms with Gasteiger partial charge in [-0.2, -0.15) is 4.39 Å². The minimum absolute atomic E-state index is 0.0420. The fourth-order valence-corrected chi connectivity index (χ4v) is 6.74. The largest absolute Gasteiger partial charge is 0.496 e. The van der Waals surface area contributed by atoms with Crippen LogP contribution in [0, 0.1) is 22.9 Å². The van der Waals surface area contributed by atoms with Gasteiger partial charge in [0.2, 0.25) is 17.6 Å². The number of nitro groups is 1. The second-order valence-corrected chi connectivity index (χ2v) is 20.4. The first-order valence-electron chi connectivity index (χ1n) is 17.3. The maximum Gasteiger partial charge on any atom is 0.408 e. The van der Waals surface area contributed by atoms with Gasteiger partial charge in [0.25, 0.3) is 0 Å². The molecule has 3 aromatic rings. The third-order valence-electron chi connectivity index (χ3n) is 9.37. The number of hydrogen-bond acceptors (Lipinski definition) is 10. The van der Waals surface area contributed by atoms with Gasteiger partial charge in [-0.3, -0.25) is 19.7 Å². The molecule has 0 saturated heterocycles. The number of carboxylic acid groups (broad SMARTS) is 1. The van der Waals surface area contributed by atoms with Crippen LogP contribution in [0.3, 0.4) is 0 Å². The lowest BCUT2D eigenvalue weighted by Gasteiger charge is -2.41. The smallest absolute Gasteiger partial charge is 0.408 e. The van der Waals surface area contributed by atoms with E-state index in [1.54, 1.807) is 39.8 Å². The highest BCUT2D eigenvalue weighted by molar-refractivity contribution is 6.74. The van der Waals surface area contributed by atoms with Crippen LogP contribution in [0.1, 0.15) is 82.0 Å². The van der Waals surface area contributed by atoms with Crippen LogP contribution >= 0.6 is 0 Å². The summed E-state index contributed by atoms with van der Waals surface area (Å²) in [6.07, 6.45) is -2.53. The topological polar surface area (TPSA) is 205 Å². The van der Waals surface area contributed by atoms with E-state index in [4.69, 9.17) is 18.6 Å². The number of carbonyl (C=O) groups excluding carboxylic acids is 3. The van der Waals surface area contributed by atoms with Gasteiger partial charge >= 0.3 is 17.7 Å². The van der Waals surface area contributed by atoms with Gasteiger partial charge in [-0.05, 0) is 92.8 Å². The number of nitrogens with one attached hydrogen (secondary N) is 3. The molecule has 55 heavy (non-hydrogen) atoms. The van der Waals surface area contributed by atoms with Crippen LogP contribution in [0.15, 0.2) is 54.6 Å². The lowest BCUT2D eigenvalue weighted by molar-refractivity contribution is -0.387. The zero-order chi connectivity index (χ0) is 41.2. The minimum Gasteiger partial charge on any atom is -0.496 e. The van der Waals surface area contributed by atoms with E-state index in [1.807, 2.05) is 33.9 Å². The number of alkyl carbamates (subject to hydrolysis) is 1. The van der Waals surface area contributed by atoms with E-state index in [-0.39, 0.29) is 33.9 Å². The molecule has 1 aliphatic rings. The van der Waals surface area contributed by atoms with E-state index >= 15 is 0 Å². The number of rotatable bonds is 8. The molecule has 4 atom stereocenters. The average Bonchev–Trinajstić information content (AvgIpc) is 3.06. The van der Waals surface area contributed by atoms with E-state index < -0.39 is 83.5 Å². The Labute approximate surface area is 319 Å². The summed E-state index contributed by atoms with van der Waals surface area (Å²) in [5.41, 5.74) is -1.22. The summed E-state index contributed by atoms with van der Waals surface area (Å²) in [6, 6.07) is 6.80. The number of fused-ring (bicyclic) bond motifs is 4. The van der Waals surface area contributed by atoms with Gasteiger partial charge in [0, 0.05) is 11.6 Å². The van der Waals surface area contributed by atoms with E-state index in [9.17, 15) is 38.8 Å². The Morgan fingerprint density at radius 3 is 2.25 bits per heavy atom. The Morgan fingerprint density at radius 1 is 1.00 bits per heavy atom. The van der Waals surface area contributed by atoms with Crippen LogP contribution in [0.4, 0.5) is 14.9 Å². The molecule has 0 unspecified atom stereocenters. The monoisotopic (exact) mass is 782 g/mol. The fourth-order valence-electron chi connectivity index (χ4n) is 5.48. The highest BCUT2D eigenvalue weighted by atomic mass is 28.4. The first-order valence-corrected chi connectivity index (χ1v) is 20.2. The lowest BCUT2D eigenvalue weighted by atomic mass is 9.97. The van der Waals surface area contributed by atoms with Crippen LogP contribution in [0.2, 0.25) is 18.1 Å². The molecule has 15 nitrogen and oxygen atoms in total. The third kappa shape index (κ3) is 9.96. The van der Waals surface area contributed by atoms with E-state index in [0.717, 1.165) is 12.1 Å². The summed E-state index contributed by atoms with van der Waals surface area (Å²) < 4.78 is 38.6. The molecule has 1 heterocycles. The molecule has 4 N–H and O–H groups in total. The summed E-state index contributed by atoms with van der Waals surface area (Å²) in [5, 5.41) is 29.5. The van der Waals surface area contributed by atoms with E-state index in [1.165, 1.54) is 37.4 Å². The number of halogens is 1. The van der Waals surface area contributed by atoms with Crippen LogP contribution in [0.5, 0.6) is 17.2 Å². The summed E-state index contributed by atoms with van der Waals surface area (Å²) in [7, 11) is -1.61. The highest BCUT2D eigenvalue weighted by Gasteiger charge is 2.45. The van der Waals surface area contributed by atoms with Crippen molar-refractivity contribution in [2.45, 2.75) is 96.4 Å². The summed E-state index contributed by atoms with van der Waals surface area (Å²) in [6.45, 7) is 15.9. The summed E-state index contributed by atoms with van der Waals surface area (Å²) in [4.78, 5) is 66.3. The molecule has 17 heteroatoms. The molecule has 0 radical (unpaired) electrons. The van der Waals surface area contributed by atoms with Gasteiger partial charge in [-0.1, -0.05) is 39.0 Å². The summed E-state index contributed by atoms with van der Waals surface area (Å²) in [5.74, 6) is -4.09. The number of carbonyl (C=O) groups is 4. The van der Waals surface area contributed by atoms with Crippen molar-refractivity contribution in [3.8, 4) is 17.2 Å². The maximum absolute atomic E-state index is 14.7. The number of amides is 3. The van der Waals surface area contributed by atoms with Gasteiger partial charge in [0.1, 0.15) is 41.0 Å². The van der Waals surface area contributed by atoms with Crippen molar-refractivity contribution in [2.24, 2.45) is 0 Å². The molecular weight excluding hydrogens is 736 g/mol. The van der Waals surface area contributed by atoms with Crippen LogP contribution in [-0.2, 0) is 23.5 Å². The van der Waals surface area contributed by atoms with Crippen molar-refractivity contribution < 1.29 is 52.2 Å². The number of nitro benzene ring substituents is 1. The Hall–Kier alpha value is -5.55. The summed E-state index contributed by atoms with van der Waals surface area (Å²) >= 11 is 0. The van der Waals surface area contributed by atoms with Crippen molar-refractivity contribution in [3.05, 3.63) is 92.8 Å². The molecule has 3 aromatic carbocycles. The molecule has 0 aliphatic carbocycles. The number of hydrogen-bond donors (Lipinski definition) is 4. The van der Waals surface area contributed by atoms with Gasteiger partial charge in [-0.15, -0.1) is 0 Å². The Kier molecular flexibility index (Phi) is 12.3. The molecular formula is C38H47FN4O11Si. The molecule has 3 amide bonds. The number of benzene rings is 3. The molecule has 0 aromatic heterocycles. The van der Waals surface area contributed by atoms with Crippen LogP contribution in [0.25, 0.3) is 0 Å². The van der Waals surface area contributed by atoms with Crippen molar-refractivity contribution >= 4 is 37.9 Å². The predicted octanol–water partition coefficient (Wildman–Crippen LogP) is 6.91. The standard InChI is InChI=1S/C38H47FN4O11Si/c1-20-27(51-8)18-23-19-28(20)52-24-13-11-12-21(16-24)29(42-36(48)53-37(2,3)4)33(44)41-31(34(45)40-30(23)35(46)47)32(54-55(9,10)38(5,6)7)22-14-15-25(39)26(17-22)43(49)50/h11-19,29-32H,1-10H3,(H,40,45)(H,41,44)(H,42,48)(H,46,47)/t29-,30+,31-,32-/m1/s1. The van der Waals surface area contributed by atoms with Crippen molar-refractivity contribution in [3.63, 3.8) is 0 Å². The molecule has 4 bridgehead atoms. The third-order valence-corrected chi connectivity index (χ3v) is 13.8. The van der Waals surface area contributed by atoms with E-state index in [0.29, 0.717) is 5.56 Å². The second-order valence-electron chi connectivity index (χ2n) is 15.6. The van der Waals surface area contributed by atoms with Gasteiger partial charge in [0.15, 0.2) is 14.4 Å². The average molecular weight is 783 g/mol. The molecule has 0 saturated carbocycles. The number of carboxylic acids is 1. The van der Waals surface area contributed by atoms with Crippen molar-refractivity contribution in [1.82, 2.24) is 16.0 Å². The zero-order valence-electron chi connectivity index (χ0n) is 32.4. The second kappa shape index (κ2) is 16.0. The Balaban J connectivity index is 2.04. The first-order chi connectivity index (χ1) is 25.4. The lowest BCUT2D eigenvalue weighted by Crippen LogP contribution is -2.56. The highest BCUT2D eigenvalue weighted by Crippen LogP contribution is 2.42. The molecule has 0 spiro atoms. The zero-order valence-corrected chi connectivity index (χ0v) is 33.4. The SMILES string of the molecule is COc1cc2cc(c1C)Oc1cccc(c1)[C@@H](NC(=O)OC(C)(C)C)C(=O)N[C@H]([C@H](O[Si](C)(C)C(C)(C)C)c1ccc(F)c([N+](=O)[O-])c1)C(=O)N[C@@H]2C(=O)O. The van der Waals surface area contributed by atoms with Gasteiger partial charge in [-0.25, -0.2) is 9.59 Å². The number of ether oxygens (including phenoxy) is 3. The van der Waals surface area contributed by atoms with Crippen molar-refractivity contribution in [1.29, 1.82) is 0 Å². The molecule has 4 rings (SSSR count). The van der Waals surface area contributed by atoms with Gasteiger partial charge < -0.3 is 39.7 Å². The predicted molar refractivity (Wildman–Crippen MR) is 201 cm³/mol. The number of nitrogens with zero attached hydrogens (tertiary/aromatic N) is 1. The molecule has 1 aliphatic heterocycles. The fraction of sp³-hybridized carbons (Fsp3) is 0.421. The normalized spacial score (nSPS) is 18.4.